The molecule has 0 saturated carbocycles. The molecule has 0 aliphatic heterocycles. The largest absolute Gasteiger partial charge is 0.494 e. The maximum atomic E-state index is 12.9. The smallest absolute Gasteiger partial charge is 0.248 e. The van der Waals surface area contributed by atoms with Gasteiger partial charge in [-0.3, -0.25) is 0 Å². The molecule has 0 aromatic heterocycles. The topological polar surface area (TPSA) is 35.2 Å². The van der Waals surface area contributed by atoms with Gasteiger partial charge in [-0.25, -0.2) is 8.78 Å². The van der Waals surface area contributed by atoms with Crippen molar-refractivity contribution in [1.29, 1.82) is 0 Å². The number of nitrogens with two attached hydrogens (primary N) is 1. The number of ether oxygens (including phenoxy) is 1. The van der Waals surface area contributed by atoms with Crippen LogP contribution in [0, 0.1) is 0 Å². The quantitative estimate of drug-likeness (QED) is 0.745. The third-order valence-corrected chi connectivity index (χ3v) is 2.61. The predicted molar refractivity (Wildman–Crippen MR) is 64.3 cm³/mol. The van der Waals surface area contributed by atoms with Crippen molar-refractivity contribution in [2.45, 2.75) is 38.7 Å². The van der Waals surface area contributed by atoms with E-state index in [0.717, 1.165) is 5.56 Å². The fourth-order valence-electron chi connectivity index (χ4n) is 1.46. The summed E-state index contributed by atoms with van der Waals surface area (Å²) in [5, 5.41) is 0. The number of halogens is 2. The van der Waals surface area contributed by atoms with Crippen LogP contribution < -0.4 is 10.5 Å². The van der Waals surface area contributed by atoms with E-state index in [-0.39, 0.29) is 12.8 Å². The van der Waals surface area contributed by atoms with Gasteiger partial charge in [-0.15, -0.1) is 0 Å². The number of benzene rings is 1. The Morgan fingerprint density at radius 3 is 2.76 bits per heavy atom. The summed E-state index contributed by atoms with van der Waals surface area (Å²) in [5.41, 5.74) is 6.47. The lowest BCUT2D eigenvalue weighted by atomic mass is 10.1. The summed E-state index contributed by atoms with van der Waals surface area (Å²) in [6.07, 6.45) is 0.115. The molecule has 0 aliphatic rings. The summed E-state index contributed by atoms with van der Waals surface area (Å²) in [5.74, 6) is -1.88. The Bertz CT molecular complexity index is 342. The molecule has 0 spiro atoms. The molecule has 17 heavy (non-hydrogen) atoms. The van der Waals surface area contributed by atoms with Crippen molar-refractivity contribution < 1.29 is 13.5 Å². The number of alkyl halides is 2. The molecule has 0 aliphatic carbocycles. The molecule has 0 radical (unpaired) electrons. The molecule has 0 amide bonds. The van der Waals surface area contributed by atoms with E-state index >= 15 is 0 Å². The van der Waals surface area contributed by atoms with Gasteiger partial charge >= 0.3 is 0 Å². The summed E-state index contributed by atoms with van der Waals surface area (Å²) in [7, 11) is 0. The number of rotatable bonds is 7. The zero-order valence-corrected chi connectivity index (χ0v) is 10.1. The van der Waals surface area contributed by atoms with Gasteiger partial charge in [0, 0.05) is 19.4 Å². The first-order valence-corrected chi connectivity index (χ1v) is 5.87. The normalized spacial score (nSPS) is 11.5. The Kier molecular flexibility index (Phi) is 5.35. The van der Waals surface area contributed by atoms with Crippen molar-refractivity contribution in [2.75, 3.05) is 6.61 Å². The van der Waals surface area contributed by atoms with Crippen molar-refractivity contribution in [2.24, 2.45) is 5.73 Å². The predicted octanol–water partition coefficient (Wildman–Crippen LogP) is 3.35. The van der Waals surface area contributed by atoms with Gasteiger partial charge in [0.25, 0.3) is 0 Å². The van der Waals surface area contributed by atoms with E-state index in [0.29, 0.717) is 25.3 Å². The van der Waals surface area contributed by atoms with E-state index in [4.69, 9.17) is 10.5 Å². The van der Waals surface area contributed by atoms with Crippen LogP contribution in [0.5, 0.6) is 5.75 Å². The Labute approximate surface area is 101 Å². The first-order chi connectivity index (χ1) is 8.07. The maximum Gasteiger partial charge on any atom is 0.248 e. The van der Waals surface area contributed by atoms with Gasteiger partial charge in [-0.1, -0.05) is 19.1 Å². The van der Waals surface area contributed by atoms with Crippen LogP contribution in [-0.4, -0.2) is 12.5 Å². The highest BCUT2D eigenvalue weighted by Crippen LogP contribution is 2.24. The van der Waals surface area contributed by atoms with Crippen molar-refractivity contribution >= 4 is 0 Å². The summed E-state index contributed by atoms with van der Waals surface area (Å²) in [4.78, 5) is 0. The Morgan fingerprint density at radius 1 is 1.35 bits per heavy atom. The van der Waals surface area contributed by atoms with Gasteiger partial charge in [0.2, 0.25) is 5.92 Å². The number of hydrogen-bond acceptors (Lipinski definition) is 2. The van der Waals surface area contributed by atoms with Crippen LogP contribution in [0.15, 0.2) is 24.3 Å². The Balaban J connectivity index is 2.31. The molecule has 0 unspecified atom stereocenters. The minimum atomic E-state index is -2.57. The second-order valence-electron chi connectivity index (χ2n) is 4.01. The molecule has 0 bridgehead atoms. The average molecular weight is 243 g/mol. The highest BCUT2D eigenvalue weighted by atomic mass is 19.3. The second-order valence-corrected chi connectivity index (χ2v) is 4.01. The second kappa shape index (κ2) is 6.55. The lowest BCUT2D eigenvalue weighted by Gasteiger charge is -2.13. The molecule has 4 heteroatoms. The van der Waals surface area contributed by atoms with E-state index in [1.807, 2.05) is 18.2 Å². The maximum absolute atomic E-state index is 12.9. The van der Waals surface area contributed by atoms with Gasteiger partial charge in [0.1, 0.15) is 5.75 Å². The number of hydrogen-bond donors (Lipinski definition) is 1. The lowest BCUT2D eigenvalue weighted by molar-refractivity contribution is -0.0159. The van der Waals surface area contributed by atoms with Gasteiger partial charge in [-0.2, -0.15) is 0 Å². The fourth-order valence-corrected chi connectivity index (χ4v) is 1.46. The summed E-state index contributed by atoms with van der Waals surface area (Å²) in [6, 6.07) is 7.38. The summed E-state index contributed by atoms with van der Waals surface area (Å²) in [6.45, 7) is 2.25. The molecular formula is C13H19F2NO. The van der Waals surface area contributed by atoms with E-state index in [1.165, 1.54) is 6.92 Å². The van der Waals surface area contributed by atoms with Crippen LogP contribution in [0.2, 0.25) is 0 Å². The van der Waals surface area contributed by atoms with E-state index < -0.39 is 5.92 Å². The summed E-state index contributed by atoms with van der Waals surface area (Å²) < 4.78 is 31.3. The molecule has 1 rings (SSSR count). The van der Waals surface area contributed by atoms with Crippen molar-refractivity contribution in [3.05, 3.63) is 29.8 Å². The third kappa shape index (κ3) is 5.13. The van der Waals surface area contributed by atoms with Gasteiger partial charge < -0.3 is 10.5 Å². The SMILES string of the molecule is CCC(F)(F)CCCOc1cccc(CN)c1. The Hall–Kier alpha value is -1.16. The van der Waals surface area contributed by atoms with E-state index in [2.05, 4.69) is 0 Å². The minimum Gasteiger partial charge on any atom is -0.494 e. The molecule has 96 valence electrons. The van der Waals surface area contributed by atoms with E-state index in [1.54, 1.807) is 6.07 Å². The summed E-state index contributed by atoms with van der Waals surface area (Å²) >= 11 is 0. The molecule has 0 heterocycles. The first kappa shape index (κ1) is 13.9. The first-order valence-electron chi connectivity index (χ1n) is 5.87. The minimum absolute atomic E-state index is 0.115. The molecule has 2 N–H and O–H groups in total. The highest BCUT2D eigenvalue weighted by Gasteiger charge is 2.24. The molecule has 0 saturated heterocycles. The standard InChI is InChI=1S/C13H19F2NO/c1-2-13(14,15)7-4-8-17-12-6-3-5-11(9-12)10-16/h3,5-6,9H,2,4,7-8,10,16H2,1H3. The molecule has 0 atom stereocenters. The highest BCUT2D eigenvalue weighted by molar-refractivity contribution is 5.28. The molecule has 1 aromatic rings. The zero-order chi connectivity index (χ0) is 12.7. The van der Waals surface area contributed by atoms with E-state index in [9.17, 15) is 8.78 Å². The Morgan fingerprint density at radius 2 is 2.12 bits per heavy atom. The van der Waals surface area contributed by atoms with Crippen LogP contribution in [-0.2, 0) is 6.54 Å². The molecule has 0 fully saturated rings. The van der Waals surface area contributed by atoms with Gasteiger partial charge in [0.15, 0.2) is 0 Å². The van der Waals surface area contributed by atoms with Crippen molar-refractivity contribution in [3.8, 4) is 5.75 Å². The zero-order valence-electron chi connectivity index (χ0n) is 10.1. The van der Waals surface area contributed by atoms with Crippen molar-refractivity contribution in [3.63, 3.8) is 0 Å². The van der Waals surface area contributed by atoms with Crippen LogP contribution in [0.4, 0.5) is 8.78 Å². The van der Waals surface area contributed by atoms with Crippen LogP contribution in [0.25, 0.3) is 0 Å². The van der Waals surface area contributed by atoms with Crippen LogP contribution in [0.1, 0.15) is 31.7 Å². The monoisotopic (exact) mass is 243 g/mol. The van der Waals surface area contributed by atoms with Crippen LogP contribution in [0.3, 0.4) is 0 Å². The van der Waals surface area contributed by atoms with Gasteiger partial charge in [-0.05, 0) is 24.1 Å². The lowest BCUT2D eigenvalue weighted by Crippen LogP contribution is -2.15. The third-order valence-electron chi connectivity index (χ3n) is 2.61. The van der Waals surface area contributed by atoms with Crippen molar-refractivity contribution in [1.82, 2.24) is 0 Å². The molecular weight excluding hydrogens is 224 g/mol. The molecule has 1 aromatic carbocycles. The van der Waals surface area contributed by atoms with Gasteiger partial charge in [0.05, 0.1) is 6.61 Å². The molecule has 2 nitrogen and oxygen atoms in total. The van der Waals surface area contributed by atoms with Crippen LogP contribution >= 0.6 is 0 Å². The average Bonchev–Trinajstić information content (AvgIpc) is 2.35. The fraction of sp³-hybridized carbons (Fsp3) is 0.538.